The summed E-state index contributed by atoms with van der Waals surface area (Å²) < 4.78 is 18.1. The maximum Gasteiger partial charge on any atom is 0.337 e. The largest absolute Gasteiger partial charge is 0.466 e. The molecule has 5 nitrogen and oxygen atoms in total. The number of rotatable bonds is 4. The fraction of sp³-hybridized carbons (Fsp3) is 0.294. The zero-order valence-electron chi connectivity index (χ0n) is 13.5. The molecule has 0 spiro atoms. The molecule has 0 aliphatic carbocycles. The smallest absolute Gasteiger partial charge is 0.337 e. The lowest BCUT2D eigenvalue weighted by Gasteiger charge is -2.35. The van der Waals surface area contributed by atoms with Gasteiger partial charge >= 0.3 is 5.97 Å². The zero-order chi connectivity index (χ0) is 17.0. The Kier molecular flexibility index (Phi) is 5.16. The minimum absolute atomic E-state index is 0.331. The van der Waals surface area contributed by atoms with Crippen molar-refractivity contribution in [3.63, 3.8) is 0 Å². The number of methoxy groups -OCH3 is 1. The Morgan fingerprint density at radius 1 is 1.48 bits per heavy atom. The first-order chi connectivity index (χ1) is 11.0. The van der Waals surface area contributed by atoms with Crippen molar-refractivity contribution in [3.8, 4) is 0 Å². The maximum absolute atomic E-state index is 13.2. The third kappa shape index (κ3) is 3.41. The van der Waals surface area contributed by atoms with E-state index in [2.05, 4.69) is 16.9 Å². The summed E-state index contributed by atoms with van der Waals surface area (Å²) >= 11 is 0. The molecule has 23 heavy (non-hydrogen) atoms. The number of allylic oxidation sites excluding steroid dienone is 1. The Morgan fingerprint density at radius 3 is 2.70 bits per heavy atom. The second-order valence-electron chi connectivity index (χ2n) is 5.13. The molecular weight excluding hydrogens is 297 g/mol. The van der Waals surface area contributed by atoms with Crippen LogP contribution in [-0.4, -0.2) is 37.5 Å². The summed E-state index contributed by atoms with van der Waals surface area (Å²) in [5.74, 6) is -0.147. The molecule has 1 N–H and O–H groups in total. The molecule has 1 aromatic rings. The van der Waals surface area contributed by atoms with Crippen LogP contribution < -0.4 is 5.32 Å². The number of guanidine groups is 1. The second kappa shape index (κ2) is 7.09. The second-order valence-corrected chi connectivity index (χ2v) is 5.13. The van der Waals surface area contributed by atoms with Gasteiger partial charge in [0.25, 0.3) is 0 Å². The molecule has 2 rings (SSSR count). The van der Waals surface area contributed by atoms with Crippen LogP contribution in [0.1, 0.15) is 18.5 Å². The molecule has 1 aliphatic rings. The van der Waals surface area contributed by atoms with Gasteiger partial charge in [-0.2, -0.15) is 0 Å². The third-order valence-corrected chi connectivity index (χ3v) is 3.75. The number of hydrogen-bond donors (Lipinski definition) is 1. The number of carbonyl (C=O) groups excluding carboxylic acids is 1. The summed E-state index contributed by atoms with van der Waals surface area (Å²) in [5.41, 5.74) is 1.96. The molecule has 122 valence electrons. The van der Waals surface area contributed by atoms with Gasteiger partial charge in [0, 0.05) is 12.7 Å². The van der Waals surface area contributed by atoms with Crippen LogP contribution in [0.4, 0.5) is 4.39 Å². The van der Waals surface area contributed by atoms with Gasteiger partial charge in [-0.1, -0.05) is 18.2 Å². The van der Waals surface area contributed by atoms with E-state index in [-0.39, 0.29) is 5.82 Å². The lowest BCUT2D eigenvalue weighted by atomic mass is 9.95. The summed E-state index contributed by atoms with van der Waals surface area (Å²) in [6, 6.07) is 5.54. The van der Waals surface area contributed by atoms with Crippen molar-refractivity contribution in [1.29, 1.82) is 0 Å². The van der Waals surface area contributed by atoms with E-state index < -0.39 is 12.0 Å². The molecule has 1 aliphatic heterocycles. The van der Waals surface area contributed by atoms with Crippen LogP contribution in [0.25, 0.3) is 0 Å². The summed E-state index contributed by atoms with van der Waals surface area (Å²) in [4.78, 5) is 18.4. The van der Waals surface area contributed by atoms with Crippen LogP contribution in [0.5, 0.6) is 0 Å². The highest BCUT2D eigenvalue weighted by molar-refractivity contribution is 5.96. The number of carbonyl (C=O) groups is 1. The molecule has 1 atom stereocenters. The number of esters is 1. The van der Waals surface area contributed by atoms with E-state index in [4.69, 9.17) is 4.74 Å². The van der Waals surface area contributed by atoms with Crippen LogP contribution >= 0.6 is 0 Å². The number of hydrogen-bond acceptors (Lipinski definition) is 3. The van der Waals surface area contributed by atoms with Gasteiger partial charge < -0.3 is 15.0 Å². The molecule has 0 saturated heterocycles. The Bertz CT molecular complexity index is 665. The molecule has 0 bridgehead atoms. The van der Waals surface area contributed by atoms with E-state index in [9.17, 15) is 9.18 Å². The van der Waals surface area contributed by atoms with Gasteiger partial charge in [0.1, 0.15) is 5.82 Å². The Morgan fingerprint density at radius 2 is 2.13 bits per heavy atom. The van der Waals surface area contributed by atoms with Crippen molar-refractivity contribution < 1.29 is 13.9 Å². The summed E-state index contributed by atoms with van der Waals surface area (Å²) in [6.07, 6.45) is 1.68. The quantitative estimate of drug-likeness (QED) is 0.684. The van der Waals surface area contributed by atoms with Crippen molar-refractivity contribution in [3.05, 3.63) is 59.6 Å². The molecule has 1 heterocycles. The lowest BCUT2D eigenvalue weighted by molar-refractivity contribution is -0.136. The van der Waals surface area contributed by atoms with Gasteiger partial charge in [0.2, 0.25) is 0 Å². The average Bonchev–Trinajstić information content (AvgIpc) is 2.56. The highest BCUT2D eigenvalue weighted by atomic mass is 19.1. The van der Waals surface area contributed by atoms with Gasteiger partial charge in [-0.25, -0.2) is 14.2 Å². The molecule has 0 fully saturated rings. The maximum atomic E-state index is 13.2. The predicted molar refractivity (Wildman–Crippen MR) is 87.3 cm³/mol. The van der Waals surface area contributed by atoms with E-state index >= 15 is 0 Å². The molecule has 0 aromatic heterocycles. The first-order valence-electron chi connectivity index (χ1n) is 7.19. The number of benzene rings is 1. The fourth-order valence-corrected chi connectivity index (χ4v) is 2.43. The molecular formula is C17H20FN3O2. The highest BCUT2D eigenvalue weighted by Gasteiger charge is 2.33. The lowest BCUT2D eigenvalue weighted by Crippen LogP contribution is -2.47. The standard InChI is InChI=1S/C17H20FN3O2/c1-5-10-19-17-20-15(12-6-8-13(18)9-7-12)14(16(22)23-4)11(2)21(17)3/h5-9,15H,1,10H2,2-4H3,(H,19,20). The first-order valence-corrected chi connectivity index (χ1v) is 7.19. The molecule has 6 heteroatoms. The Labute approximate surface area is 135 Å². The summed E-state index contributed by atoms with van der Waals surface area (Å²) in [7, 11) is 3.15. The fourth-order valence-electron chi connectivity index (χ4n) is 2.43. The average molecular weight is 317 g/mol. The Hall–Kier alpha value is -2.63. The van der Waals surface area contributed by atoms with Crippen LogP contribution in [0.15, 0.2) is 53.2 Å². The molecule has 1 aromatic carbocycles. The monoisotopic (exact) mass is 317 g/mol. The third-order valence-electron chi connectivity index (χ3n) is 3.75. The van der Waals surface area contributed by atoms with Crippen molar-refractivity contribution in [2.75, 3.05) is 20.7 Å². The van der Waals surface area contributed by atoms with Crippen molar-refractivity contribution in [1.82, 2.24) is 10.2 Å². The molecule has 1 unspecified atom stereocenters. The van der Waals surface area contributed by atoms with Gasteiger partial charge in [-0.3, -0.25) is 0 Å². The number of nitrogens with zero attached hydrogens (tertiary/aromatic N) is 2. The number of ether oxygens (including phenoxy) is 1. The van der Waals surface area contributed by atoms with E-state index in [0.29, 0.717) is 18.1 Å². The first kappa shape index (κ1) is 16.7. The minimum Gasteiger partial charge on any atom is -0.466 e. The van der Waals surface area contributed by atoms with Gasteiger partial charge in [0.15, 0.2) is 5.96 Å². The van der Waals surface area contributed by atoms with Gasteiger partial charge in [-0.15, -0.1) is 6.58 Å². The van der Waals surface area contributed by atoms with Crippen LogP contribution in [0, 0.1) is 5.82 Å². The van der Waals surface area contributed by atoms with Crippen LogP contribution in [-0.2, 0) is 9.53 Å². The van der Waals surface area contributed by atoms with E-state index in [1.165, 1.54) is 19.2 Å². The minimum atomic E-state index is -0.456. The van der Waals surface area contributed by atoms with Crippen LogP contribution in [0.2, 0.25) is 0 Å². The van der Waals surface area contributed by atoms with Crippen molar-refractivity contribution in [2.45, 2.75) is 13.0 Å². The normalized spacial score (nSPS) is 19.6. The van der Waals surface area contributed by atoms with E-state index in [1.807, 2.05) is 14.0 Å². The number of halogens is 1. The zero-order valence-corrected chi connectivity index (χ0v) is 13.5. The number of aliphatic imine (C=N–C) groups is 1. The topological polar surface area (TPSA) is 53.9 Å². The summed E-state index contributed by atoms with van der Waals surface area (Å²) in [5, 5.41) is 3.22. The molecule has 0 amide bonds. The SMILES string of the molecule is C=CCN=C1NC(c2ccc(F)cc2)C(C(=O)OC)=C(C)N1C. The van der Waals surface area contributed by atoms with Crippen molar-refractivity contribution >= 4 is 11.9 Å². The van der Waals surface area contributed by atoms with Crippen molar-refractivity contribution in [2.24, 2.45) is 4.99 Å². The van der Waals surface area contributed by atoms with Gasteiger partial charge in [-0.05, 0) is 24.6 Å². The van der Waals surface area contributed by atoms with Gasteiger partial charge in [0.05, 0.1) is 25.3 Å². The predicted octanol–water partition coefficient (Wildman–Crippen LogP) is 2.39. The van der Waals surface area contributed by atoms with E-state index in [0.717, 1.165) is 11.3 Å². The molecule has 0 saturated carbocycles. The summed E-state index contributed by atoms with van der Waals surface area (Å²) in [6.45, 7) is 5.93. The highest BCUT2D eigenvalue weighted by Crippen LogP contribution is 2.30. The van der Waals surface area contributed by atoms with E-state index in [1.54, 1.807) is 23.1 Å². The molecule has 0 radical (unpaired) electrons. The Balaban J connectivity index is 2.52. The number of nitrogens with one attached hydrogen (secondary N) is 1. The van der Waals surface area contributed by atoms with Crippen LogP contribution in [0.3, 0.4) is 0 Å².